The van der Waals surface area contributed by atoms with Crippen molar-refractivity contribution in [1.29, 1.82) is 0 Å². The van der Waals surface area contributed by atoms with Crippen LogP contribution in [0.5, 0.6) is 0 Å². The third-order valence-electron chi connectivity index (χ3n) is 5.44. The first-order chi connectivity index (χ1) is 14.2. The van der Waals surface area contributed by atoms with Crippen LogP contribution >= 0.6 is 35.0 Å². The van der Waals surface area contributed by atoms with Crippen LogP contribution in [-0.4, -0.2) is 26.8 Å². The molecule has 0 N–H and O–H groups in total. The molecule has 0 unspecified atom stereocenters. The predicted octanol–water partition coefficient (Wildman–Crippen LogP) is 6.63. The molecule has 0 saturated carbocycles. The lowest BCUT2D eigenvalue weighted by atomic mass is 10.0. The van der Waals surface area contributed by atoms with E-state index in [-0.39, 0.29) is 12.1 Å². The zero-order chi connectivity index (χ0) is 20.0. The fraction of sp³-hybridized carbons (Fsp3) is 0.273. The van der Waals surface area contributed by atoms with Crippen molar-refractivity contribution >= 4 is 40.1 Å². The summed E-state index contributed by atoms with van der Waals surface area (Å²) in [4.78, 5) is 12.0. The molecule has 1 saturated heterocycles. The van der Waals surface area contributed by atoms with E-state index < -0.39 is 0 Å². The van der Waals surface area contributed by atoms with Gasteiger partial charge in [0.05, 0.1) is 10.7 Å². The van der Waals surface area contributed by atoms with Crippen molar-refractivity contribution in [3.05, 3.63) is 76.2 Å². The number of fused-ring (bicyclic) bond motifs is 1. The quantitative estimate of drug-likeness (QED) is 0.453. The maximum Gasteiger partial charge on any atom is 0.161 e. The Bertz CT molecular complexity index is 1070. The van der Waals surface area contributed by atoms with Gasteiger partial charge in [0.15, 0.2) is 5.17 Å². The molecule has 0 radical (unpaired) electrons. The highest BCUT2D eigenvalue weighted by Crippen LogP contribution is 2.49. The molecule has 0 amide bonds. The van der Waals surface area contributed by atoms with E-state index in [1.807, 2.05) is 60.4 Å². The van der Waals surface area contributed by atoms with Gasteiger partial charge in [-0.3, -0.25) is 4.98 Å². The molecular weight excluding hydrogens is 425 g/mol. The fourth-order valence-electron chi connectivity index (χ4n) is 4.01. The number of aliphatic imine (C=N–C) groups is 1. The second-order valence-corrected chi connectivity index (χ2v) is 8.99. The Hall–Kier alpha value is -1.95. The number of furan rings is 1. The Morgan fingerprint density at radius 1 is 1.17 bits per heavy atom. The molecule has 7 heteroatoms. The first kappa shape index (κ1) is 19.0. The third-order valence-corrected chi connectivity index (χ3v) is 7.12. The zero-order valence-electron chi connectivity index (χ0n) is 15.8. The summed E-state index contributed by atoms with van der Waals surface area (Å²) in [6.45, 7) is 2.22. The lowest BCUT2D eigenvalue weighted by Gasteiger charge is -2.30. The van der Waals surface area contributed by atoms with Gasteiger partial charge in [-0.15, -0.1) is 0 Å². The highest BCUT2D eigenvalue weighted by molar-refractivity contribution is 8.14. The van der Waals surface area contributed by atoms with Crippen molar-refractivity contribution in [2.24, 2.45) is 4.99 Å². The van der Waals surface area contributed by atoms with Crippen molar-refractivity contribution in [3.8, 4) is 11.3 Å². The lowest BCUT2D eigenvalue weighted by molar-refractivity contribution is 0.226. The molecule has 2 aromatic heterocycles. The van der Waals surface area contributed by atoms with Gasteiger partial charge in [-0.05, 0) is 48.9 Å². The van der Waals surface area contributed by atoms with Crippen molar-refractivity contribution in [2.75, 3.05) is 5.75 Å². The van der Waals surface area contributed by atoms with Crippen molar-refractivity contribution < 1.29 is 4.42 Å². The number of rotatable bonds is 4. The van der Waals surface area contributed by atoms with Crippen LogP contribution in [0.4, 0.5) is 0 Å². The van der Waals surface area contributed by atoms with Gasteiger partial charge in [0, 0.05) is 28.6 Å². The van der Waals surface area contributed by atoms with Gasteiger partial charge in [-0.25, -0.2) is 4.99 Å². The van der Waals surface area contributed by atoms with E-state index in [9.17, 15) is 0 Å². The summed E-state index contributed by atoms with van der Waals surface area (Å²) in [5.74, 6) is 2.66. The topological polar surface area (TPSA) is 41.6 Å². The van der Waals surface area contributed by atoms with E-state index in [1.165, 1.54) is 0 Å². The van der Waals surface area contributed by atoms with Crippen LogP contribution < -0.4 is 0 Å². The van der Waals surface area contributed by atoms with Gasteiger partial charge in [-0.2, -0.15) is 0 Å². The smallest absolute Gasteiger partial charge is 0.161 e. The number of pyridine rings is 1. The Labute approximate surface area is 183 Å². The Kier molecular flexibility index (Phi) is 5.06. The summed E-state index contributed by atoms with van der Waals surface area (Å²) < 4.78 is 6.35. The highest BCUT2D eigenvalue weighted by Gasteiger charge is 2.46. The lowest BCUT2D eigenvalue weighted by Crippen LogP contribution is -2.35. The molecule has 1 aromatic carbocycles. The minimum Gasteiger partial charge on any atom is -0.459 e. The number of hydrogen-bond acceptors (Lipinski definition) is 5. The van der Waals surface area contributed by atoms with E-state index in [4.69, 9.17) is 32.6 Å². The van der Waals surface area contributed by atoms with Crippen LogP contribution in [0.2, 0.25) is 10.0 Å². The summed E-state index contributed by atoms with van der Waals surface area (Å²) in [6, 6.07) is 15.8. The van der Waals surface area contributed by atoms with E-state index in [2.05, 4.69) is 16.8 Å². The van der Waals surface area contributed by atoms with Crippen LogP contribution in [0, 0.1) is 0 Å². The molecule has 2 aliphatic rings. The average Bonchev–Trinajstić information content (AvgIpc) is 3.43. The van der Waals surface area contributed by atoms with Gasteiger partial charge < -0.3 is 9.32 Å². The molecule has 4 heterocycles. The number of nitrogens with zero attached hydrogens (tertiary/aromatic N) is 3. The van der Waals surface area contributed by atoms with Crippen LogP contribution in [0.3, 0.4) is 0 Å². The van der Waals surface area contributed by atoms with Crippen LogP contribution in [0.1, 0.15) is 36.9 Å². The minimum absolute atomic E-state index is 0.0142. The van der Waals surface area contributed by atoms with Crippen molar-refractivity contribution in [2.45, 2.75) is 31.5 Å². The van der Waals surface area contributed by atoms with Gasteiger partial charge in [0.2, 0.25) is 0 Å². The van der Waals surface area contributed by atoms with Gasteiger partial charge in [0.1, 0.15) is 23.6 Å². The molecule has 1 fully saturated rings. The number of benzene rings is 1. The standard InChI is InChI=1S/C22H19Cl2N3OS/c1-2-14-12-29-22-26-20(17-5-3-4-10-25-17)21(27(14)22)19-9-8-18(28-19)15-7-6-13(23)11-16(15)24/h3-11,14,20-21H,2,12H2,1H3/t14-,20+,21-/m1/s1. The Morgan fingerprint density at radius 2 is 2.07 bits per heavy atom. The van der Waals surface area contributed by atoms with Gasteiger partial charge >= 0.3 is 0 Å². The molecule has 0 aliphatic carbocycles. The molecule has 29 heavy (non-hydrogen) atoms. The summed E-state index contributed by atoms with van der Waals surface area (Å²) in [6.07, 6.45) is 2.88. The maximum absolute atomic E-state index is 6.40. The second kappa shape index (κ2) is 7.71. The Balaban J connectivity index is 1.56. The van der Waals surface area contributed by atoms with Crippen molar-refractivity contribution in [3.63, 3.8) is 0 Å². The number of aromatic nitrogens is 1. The van der Waals surface area contributed by atoms with Crippen LogP contribution in [-0.2, 0) is 0 Å². The highest BCUT2D eigenvalue weighted by atomic mass is 35.5. The first-order valence-corrected chi connectivity index (χ1v) is 11.3. The second-order valence-electron chi connectivity index (χ2n) is 7.16. The SMILES string of the molecule is CC[C@@H]1CSC2=N[C@@H](c3ccccn3)[C@@H](c3ccc(-c4ccc(Cl)cc4Cl)o3)N21. The van der Waals surface area contributed by atoms with Gasteiger partial charge in [-0.1, -0.05) is 48.0 Å². The molecule has 0 spiro atoms. The Morgan fingerprint density at radius 3 is 2.83 bits per heavy atom. The van der Waals surface area contributed by atoms with Crippen LogP contribution in [0.25, 0.3) is 11.3 Å². The summed E-state index contributed by atoms with van der Waals surface area (Å²) in [7, 11) is 0. The third kappa shape index (κ3) is 3.35. The maximum atomic E-state index is 6.40. The molecule has 5 rings (SSSR count). The normalized spacial score (nSPS) is 23.3. The van der Waals surface area contributed by atoms with E-state index in [0.29, 0.717) is 16.1 Å². The largest absolute Gasteiger partial charge is 0.459 e. The van der Waals surface area contributed by atoms with Gasteiger partial charge in [0.25, 0.3) is 0 Å². The number of halogens is 2. The number of amidine groups is 1. The van der Waals surface area contributed by atoms with E-state index in [0.717, 1.165) is 40.1 Å². The number of hydrogen-bond donors (Lipinski definition) is 0. The average molecular weight is 444 g/mol. The minimum atomic E-state index is -0.0901. The first-order valence-electron chi connectivity index (χ1n) is 9.60. The molecule has 3 aromatic rings. The van der Waals surface area contributed by atoms with E-state index in [1.54, 1.807) is 6.07 Å². The summed E-state index contributed by atoms with van der Waals surface area (Å²) in [5.41, 5.74) is 1.79. The molecule has 0 bridgehead atoms. The van der Waals surface area contributed by atoms with Crippen LogP contribution in [0.15, 0.2) is 64.1 Å². The monoisotopic (exact) mass is 443 g/mol. The fourth-order valence-corrected chi connectivity index (χ4v) is 5.84. The van der Waals surface area contributed by atoms with Crippen molar-refractivity contribution in [1.82, 2.24) is 9.88 Å². The molecule has 148 valence electrons. The molecule has 4 nitrogen and oxygen atoms in total. The zero-order valence-corrected chi connectivity index (χ0v) is 18.1. The predicted molar refractivity (Wildman–Crippen MR) is 120 cm³/mol. The molecular formula is C22H19Cl2N3OS. The number of thioether (sulfide) groups is 1. The summed E-state index contributed by atoms with van der Waals surface area (Å²) >= 11 is 14.3. The van der Waals surface area contributed by atoms with E-state index >= 15 is 0 Å². The summed E-state index contributed by atoms with van der Waals surface area (Å²) in [5, 5.41) is 2.26. The molecule has 2 aliphatic heterocycles. The molecule has 3 atom stereocenters.